The van der Waals surface area contributed by atoms with Crippen molar-refractivity contribution in [1.82, 2.24) is 14.9 Å². The third-order valence-corrected chi connectivity index (χ3v) is 9.81. The van der Waals surface area contributed by atoms with Crippen molar-refractivity contribution in [2.75, 3.05) is 12.3 Å². The lowest BCUT2D eigenvalue weighted by Gasteiger charge is -2.27. The molecule has 0 saturated carbocycles. The summed E-state index contributed by atoms with van der Waals surface area (Å²) in [5.41, 5.74) is 1.42. The summed E-state index contributed by atoms with van der Waals surface area (Å²) in [6.45, 7) is 3.80. The number of hydrogen-bond donors (Lipinski definition) is 3. The van der Waals surface area contributed by atoms with Gasteiger partial charge >= 0.3 is 5.97 Å². The van der Waals surface area contributed by atoms with Gasteiger partial charge < -0.3 is 10.4 Å². The third kappa shape index (κ3) is 8.88. The summed E-state index contributed by atoms with van der Waals surface area (Å²) in [7, 11) is -3.97. The van der Waals surface area contributed by atoms with Crippen molar-refractivity contribution in [1.29, 1.82) is 5.26 Å². The van der Waals surface area contributed by atoms with Crippen LogP contribution in [0.25, 0.3) is 0 Å². The number of aliphatic imine (C=N–C) groups is 1. The van der Waals surface area contributed by atoms with Gasteiger partial charge in [-0.3, -0.25) is 19.9 Å². The largest absolute Gasteiger partial charge is 0.480 e. The van der Waals surface area contributed by atoms with Crippen LogP contribution in [0.15, 0.2) is 64.5 Å². The van der Waals surface area contributed by atoms with Gasteiger partial charge in [0.1, 0.15) is 23.7 Å². The quantitative estimate of drug-likeness (QED) is 0.103. The van der Waals surface area contributed by atoms with Crippen LogP contribution in [-0.2, 0) is 37.2 Å². The maximum atomic E-state index is 13.3. The van der Waals surface area contributed by atoms with Gasteiger partial charge in [-0.1, -0.05) is 42.5 Å². The third-order valence-electron chi connectivity index (χ3n) is 6.46. The number of sulfonamides is 1. The van der Waals surface area contributed by atoms with Crippen molar-refractivity contribution in [2.24, 2.45) is 4.99 Å². The SMILES string of the molecule is CC(=NCCCC(=O)Cc1ccc(CC(NC(=O)[C@@H]2CSC(C)N2S(=O)(=O)c2ccccc2)C(=O)O)cc1)NC#N. The second-order valence-electron chi connectivity index (χ2n) is 9.54. The van der Waals surface area contributed by atoms with Crippen molar-refractivity contribution in [2.45, 2.75) is 61.9 Å². The molecule has 3 atom stereocenters. The highest BCUT2D eigenvalue weighted by Crippen LogP contribution is 2.34. The molecule has 1 aliphatic heterocycles. The number of amidine groups is 1. The van der Waals surface area contributed by atoms with Crippen LogP contribution in [0.2, 0.25) is 0 Å². The van der Waals surface area contributed by atoms with E-state index in [9.17, 15) is 27.9 Å². The number of nitrogens with one attached hydrogen (secondary N) is 2. The number of nitrogens with zero attached hydrogens (tertiary/aromatic N) is 3. The zero-order valence-electron chi connectivity index (χ0n) is 22.8. The van der Waals surface area contributed by atoms with Crippen molar-refractivity contribution in [3.8, 4) is 6.19 Å². The molecule has 3 rings (SSSR count). The van der Waals surface area contributed by atoms with Gasteiger partial charge in [0.25, 0.3) is 0 Å². The van der Waals surface area contributed by atoms with E-state index < -0.39 is 39.4 Å². The molecule has 2 aromatic carbocycles. The average molecular weight is 600 g/mol. The van der Waals surface area contributed by atoms with E-state index in [2.05, 4.69) is 15.6 Å². The molecule has 0 spiro atoms. The Labute approximate surface area is 244 Å². The normalized spacial score (nSPS) is 18.3. The maximum absolute atomic E-state index is 13.3. The lowest BCUT2D eigenvalue weighted by molar-refractivity contribution is -0.142. The zero-order chi connectivity index (χ0) is 30.0. The van der Waals surface area contributed by atoms with E-state index >= 15 is 0 Å². The van der Waals surface area contributed by atoms with E-state index in [1.165, 1.54) is 23.9 Å². The number of benzene rings is 2. The summed E-state index contributed by atoms with van der Waals surface area (Å²) < 4.78 is 27.7. The Bertz CT molecular complexity index is 1410. The summed E-state index contributed by atoms with van der Waals surface area (Å²) >= 11 is 1.31. The number of ketones is 1. The van der Waals surface area contributed by atoms with Gasteiger partial charge in [0.2, 0.25) is 15.9 Å². The topological polar surface area (TPSA) is 169 Å². The van der Waals surface area contributed by atoms with E-state index in [1.807, 2.05) is 0 Å². The van der Waals surface area contributed by atoms with Gasteiger partial charge in [-0.2, -0.15) is 9.57 Å². The summed E-state index contributed by atoms with van der Waals surface area (Å²) in [5.74, 6) is -1.17. The first-order valence-electron chi connectivity index (χ1n) is 13.0. The molecule has 1 fully saturated rings. The number of carbonyl (C=O) groups is 3. The molecule has 1 aliphatic rings. The van der Waals surface area contributed by atoms with Gasteiger partial charge in [0.05, 0.1) is 10.3 Å². The number of amides is 1. The first kappa shape index (κ1) is 31.8. The number of nitriles is 1. The first-order chi connectivity index (χ1) is 19.5. The number of carboxylic acid groups (broad SMARTS) is 1. The fraction of sp³-hybridized carbons (Fsp3) is 0.393. The van der Waals surface area contributed by atoms with Crippen molar-refractivity contribution < 1.29 is 27.9 Å². The van der Waals surface area contributed by atoms with Crippen molar-refractivity contribution in [3.05, 3.63) is 65.7 Å². The first-order valence-corrected chi connectivity index (χ1v) is 15.5. The molecule has 0 aromatic heterocycles. The average Bonchev–Trinajstić information content (AvgIpc) is 3.34. The van der Waals surface area contributed by atoms with Crippen molar-refractivity contribution >= 4 is 45.3 Å². The Hall–Kier alpha value is -3.73. The predicted octanol–water partition coefficient (Wildman–Crippen LogP) is 2.33. The molecule has 41 heavy (non-hydrogen) atoms. The molecule has 2 aromatic rings. The number of hydrogen-bond acceptors (Lipinski definition) is 8. The second kappa shape index (κ2) is 14.8. The minimum absolute atomic E-state index is 0.00968. The summed E-state index contributed by atoms with van der Waals surface area (Å²) in [4.78, 5) is 41.7. The van der Waals surface area contributed by atoms with Crippen LogP contribution in [-0.4, -0.2) is 71.1 Å². The molecule has 2 unspecified atom stereocenters. The summed E-state index contributed by atoms with van der Waals surface area (Å²) in [6.07, 6.45) is 2.90. The minimum Gasteiger partial charge on any atom is -0.480 e. The molecule has 1 heterocycles. The smallest absolute Gasteiger partial charge is 0.326 e. The molecule has 0 bridgehead atoms. The number of thioether (sulfide) groups is 1. The van der Waals surface area contributed by atoms with E-state index in [-0.39, 0.29) is 29.3 Å². The zero-order valence-corrected chi connectivity index (χ0v) is 24.5. The highest BCUT2D eigenvalue weighted by molar-refractivity contribution is 8.01. The van der Waals surface area contributed by atoms with E-state index in [0.29, 0.717) is 30.8 Å². The number of carbonyl (C=O) groups excluding carboxylic acids is 2. The Morgan fingerprint density at radius 1 is 1.15 bits per heavy atom. The highest BCUT2D eigenvalue weighted by atomic mass is 32.2. The second-order valence-corrected chi connectivity index (χ2v) is 12.7. The Morgan fingerprint density at radius 3 is 2.44 bits per heavy atom. The van der Waals surface area contributed by atoms with Crippen LogP contribution in [0, 0.1) is 11.5 Å². The number of Topliss-reactive ketones (excluding diaryl/α,β-unsaturated/α-hetero) is 1. The van der Waals surface area contributed by atoms with Gasteiger partial charge in [0.15, 0.2) is 6.19 Å². The molecule has 3 N–H and O–H groups in total. The van der Waals surface area contributed by atoms with Crippen LogP contribution in [0.3, 0.4) is 0 Å². The van der Waals surface area contributed by atoms with Crippen LogP contribution in [0.5, 0.6) is 0 Å². The molecule has 13 heteroatoms. The number of carboxylic acids is 1. The molecular formula is C28H33N5O6S2. The monoisotopic (exact) mass is 599 g/mol. The lowest BCUT2D eigenvalue weighted by atomic mass is 10.0. The van der Waals surface area contributed by atoms with E-state index in [4.69, 9.17) is 5.26 Å². The lowest BCUT2D eigenvalue weighted by Crippen LogP contribution is -2.53. The van der Waals surface area contributed by atoms with Crippen molar-refractivity contribution in [3.63, 3.8) is 0 Å². The number of rotatable bonds is 13. The highest BCUT2D eigenvalue weighted by Gasteiger charge is 2.45. The molecule has 0 radical (unpaired) electrons. The molecule has 11 nitrogen and oxygen atoms in total. The number of aliphatic carboxylic acids is 1. The Kier molecular flexibility index (Phi) is 11.5. The van der Waals surface area contributed by atoms with Crippen LogP contribution >= 0.6 is 11.8 Å². The fourth-order valence-electron chi connectivity index (χ4n) is 4.36. The molecule has 1 amide bonds. The molecular weight excluding hydrogens is 566 g/mol. The Balaban J connectivity index is 1.59. The Morgan fingerprint density at radius 2 is 1.80 bits per heavy atom. The van der Waals surface area contributed by atoms with Gasteiger partial charge in [-0.25, -0.2) is 13.2 Å². The summed E-state index contributed by atoms with van der Waals surface area (Å²) in [5, 5.41) is 22.8. The van der Waals surface area contributed by atoms with Crippen LogP contribution in [0.4, 0.5) is 0 Å². The summed E-state index contributed by atoms with van der Waals surface area (Å²) in [6, 6.07) is 12.4. The van der Waals surface area contributed by atoms with E-state index in [0.717, 1.165) is 9.87 Å². The maximum Gasteiger partial charge on any atom is 0.326 e. The fourth-order valence-corrected chi connectivity index (χ4v) is 7.68. The molecule has 218 valence electrons. The van der Waals surface area contributed by atoms with Gasteiger partial charge in [-0.15, -0.1) is 11.8 Å². The van der Waals surface area contributed by atoms with Gasteiger partial charge in [0, 0.05) is 31.6 Å². The molecule has 0 aliphatic carbocycles. The van der Waals surface area contributed by atoms with Crippen LogP contribution in [0.1, 0.15) is 37.8 Å². The standard InChI is InChI=1S/C28H33N5O6S2/c1-19(31-18-29)30-14-6-7-23(34)15-21-10-12-22(13-11-21)16-25(28(36)37)32-27(35)26-17-40-20(2)33(26)41(38,39)24-8-4-3-5-9-24/h3-5,8-13,20,25-26H,6-7,14-17H2,1-2H3,(H,30,31)(H,32,35)(H,36,37)/t20?,25?,26-/m0/s1. The van der Waals surface area contributed by atoms with Gasteiger partial charge in [-0.05, 0) is 43.5 Å². The molecule has 1 saturated heterocycles. The van der Waals surface area contributed by atoms with Crippen LogP contribution < -0.4 is 10.6 Å². The van der Waals surface area contributed by atoms with E-state index in [1.54, 1.807) is 62.5 Å². The predicted molar refractivity (Wildman–Crippen MR) is 156 cm³/mol. The minimum atomic E-state index is -3.97.